The van der Waals surface area contributed by atoms with Crippen LogP contribution < -0.4 is 14.8 Å². The van der Waals surface area contributed by atoms with Gasteiger partial charge in [0.05, 0.1) is 19.3 Å². The highest BCUT2D eigenvalue weighted by Gasteiger charge is 2.17. The topological polar surface area (TPSA) is 65.4 Å². The largest absolute Gasteiger partial charge is 0.496 e. The fourth-order valence-electron chi connectivity index (χ4n) is 2.91. The van der Waals surface area contributed by atoms with Crippen LogP contribution in [0.25, 0.3) is 11.3 Å². The van der Waals surface area contributed by atoms with Gasteiger partial charge in [-0.2, -0.15) is 5.10 Å². The number of ether oxygens (including phenoxy) is 2. The third-order valence-corrected chi connectivity index (χ3v) is 4.23. The van der Waals surface area contributed by atoms with E-state index in [1.165, 1.54) is 0 Å². The molecule has 0 saturated heterocycles. The lowest BCUT2D eigenvalue weighted by Crippen LogP contribution is -2.30. The Morgan fingerprint density at radius 3 is 2.61 bits per heavy atom. The van der Waals surface area contributed by atoms with Gasteiger partial charge in [-0.1, -0.05) is 37.3 Å². The van der Waals surface area contributed by atoms with E-state index in [9.17, 15) is 4.79 Å². The second-order valence-corrected chi connectivity index (χ2v) is 6.26. The fraction of sp³-hybridized carbons (Fsp3) is 0.273. The summed E-state index contributed by atoms with van der Waals surface area (Å²) >= 11 is 0. The molecule has 3 rings (SSSR count). The van der Waals surface area contributed by atoms with E-state index in [2.05, 4.69) is 17.3 Å². The molecule has 0 saturated carbocycles. The molecule has 146 valence electrons. The van der Waals surface area contributed by atoms with Crippen LogP contribution in [0.4, 0.5) is 0 Å². The summed E-state index contributed by atoms with van der Waals surface area (Å²) in [4.78, 5) is 12.7. The predicted octanol–water partition coefficient (Wildman–Crippen LogP) is 3.78. The molecule has 6 heteroatoms. The molecule has 0 aliphatic heterocycles. The molecule has 0 aliphatic carbocycles. The standard InChI is InChI=1S/C22H25N3O3/c1-3-14-25-20(16-19(24-25)18-11-7-8-12-21(18)27-2)22(26)23-13-15-28-17-9-5-4-6-10-17/h4-12,16H,3,13-15H2,1-2H3,(H,23,26). The molecule has 3 aromatic rings. The number of nitrogens with zero attached hydrogens (tertiary/aromatic N) is 2. The van der Waals surface area contributed by atoms with E-state index in [1.54, 1.807) is 17.9 Å². The van der Waals surface area contributed by atoms with E-state index in [0.717, 1.165) is 29.2 Å². The molecule has 0 atom stereocenters. The Morgan fingerprint density at radius 1 is 1.11 bits per heavy atom. The molecule has 0 radical (unpaired) electrons. The highest BCUT2D eigenvalue weighted by Crippen LogP contribution is 2.29. The zero-order chi connectivity index (χ0) is 19.8. The Labute approximate surface area is 165 Å². The van der Waals surface area contributed by atoms with Gasteiger partial charge in [-0.15, -0.1) is 0 Å². The number of hydrogen-bond acceptors (Lipinski definition) is 4. The van der Waals surface area contributed by atoms with Crippen molar-refractivity contribution in [2.75, 3.05) is 20.3 Å². The van der Waals surface area contributed by atoms with Gasteiger partial charge in [0.25, 0.3) is 5.91 Å². The number of carbonyl (C=O) groups is 1. The second kappa shape index (κ2) is 9.60. The zero-order valence-corrected chi connectivity index (χ0v) is 16.2. The summed E-state index contributed by atoms with van der Waals surface area (Å²) in [6, 6.07) is 19.0. The molecule has 1 heterocycles. The van der Waals surface area contributed by atoms with Crippen molar-refractivity contribution < 1.29 is 14.3 Å². The maximum Gasteiger partial charge on any atom is 0.269 e. The Balaban J connectivity index is 1.69. The molecule has 0 fully saturated rings. The number of carbonyl (C=O) groups excluding carboxylic acids is 1. The monoisotopic (exact) mass is 379 g/mol. The molecular weight excluding hydrogens is 354 g/mol. The number of methoxy groups -OCH3 is 1. The minimum absolute atomic E-state index is 0.168. The van der Waals surface area contributed by atoms with Crippen LogP contribution in [-0.4, -0.2) is 35.9 Å². The molecule has 28 heavy (non-hydrogen) atoms. The summed E-state index contributed by atoms with van der Waals surface area (Å²) < 4.78 is 12.8. The van der Waals surface area contributed by atoms with Crippen LogP contribution in [0.2, 0.25) is 0 Å². The molecule has 1 N–H and O–H groups in total. The van der Waals surface area contributed by atoms with Crippen molar-refractivity contribution in [2.24, 2.45) is 0 Å². The normalized spacial score (nSPS) is 10.5. The first-order valence-corrected chi connectivity index (χ1v) is 9.40. The van der Waals surface area contributed by atoms with Gasteiger partial charge in [-0.25, -0.2) is 0 Å². The highest BCUT2D eigenvalue weighted by atomic mass is 16.5. The molecule has 0 aliphatic rings. The second-order valence-electron chi connectivity index (χ2n) is 6.26. The number of hydrogen-bond donors (Lipinski definition) is 1. The molecular formula is C22H25N3O3. The third kappa shape index (κ3) is 4.71. The van der Waals surface area contributed by atoms with Crippen molar-refractivity contribution in [2.45, 2.75) is 19.9 Å². The van der Waals surface area contributed by atoms with Crippen LogP contribution in [0.15, 0.2) is 60.7 Å². The van der Waals surface area contributed by atoms with Gasteiger partial charge in [-0.05, 0) is 36.8 Å². The molecule has 0 bridgehead atoms. The number of benzene rings is 2. The Kier molecular flexibility index (Phi) is 6.68. The van der Waals surface area contributed by atoms with Gasteiger partial charge < -0.3 is 14.8 Å². The minimum atomic E-state index is -0.168. The maximum absolute atomic E-state index is 12.7. The summed E-state index contributed by atoms with van der Waals surface area (Å²) in [5.41, 5.74) is 2.11. The number of para-hydroxylation sites is 2. The van der Waals surface area contributed by atoms with Crippen LogP contribution in [0.5, 0.6) is 11.5 Å². The lowest BCUT2D eigenvalue weighted by atomic mass is 10.1. The van der Waals surface area contributed by atoms with Gasteiger partial charge in [-0.3, -0.25) is 9.48 Å². The van der Waals surface area contributed by atoms with Gasteiger partial charge >= 0.3 is 0 Å². The SMILES string of the molecule is CCCn1nc(-c2ccccc2OC)cc1C(=O)NCCOc1ccccc1. The van der Waals surface area contributed by atoms with E-state index in [4.69, 9.17) is 9.47 Å². The van der Waals surface area contributed by atoms with Crippen molar-refractivity contribution in [3.05, 3.63) is 66.4 Å². The summed E-state index contributed by atoms with van der Waals surface area (Å²) in [5, 5.41) is 7.53. The van der Waals surface area contributed by atoms with Crippen LogP contribution in [0.3, 0.4) is 0 Å². The van der Waals surface area contributed by atoms with E-state index < -0.39 is 0 Å². The quantitative estimate of drug-likeness (QED) is 0.575. The predicted molar refractivity (Wildman–Crippen MR) is 109 cm³/mol. The van der Waals surface area contributed by atoms with Crippen molar-refractivity contribution in [3.63, 3.8) is 0 Å². The Morgan fingerprint density at radius 2 is 1.86 bits per heavy atom. The van der Waals surface area contributed by atoms with Crippen LogP contribution in [-0.2, 0) is 6.54 Å². The van der Waals surface area contributed by atoms with Crippen molar-refractivity contribution in [3.8, 4) is 22.8 Å². The third-order valence-electron chi connectivity index (χ3n) is 4.23. The zero-order valence-electron chi connectivity index (χ0n) is 16.2. The summed E-state index contributed by atoms with van der Waals surface area (Å²) in [6.07, 6.45) is 0.879. The molecule has 0 unspecified atom stereocenters. The van der Waals surface area contributed by atoms with E-state index in [0.29, 0.717) is 25.4 Å². The van der Waals surface area contributed by atoms with Gasteiger partial charge in [0.2, 0.25) is 0 Å². The van der Waals surface area contributed by atoms with Crippen molar-refractivity contribution in [1.29, 1.82) is 0 Å². The molecule has 1 aromatic heterocycles. The first kappa shape index (κ1) is 19.5. The molecule has 0 spiro atoms. The summed E-state index contributed by atoms with van der Waals surface area (Å²) in [7, 11) is 1.63. The van der Waals surface area contributed by atoms with Crippen LogP contribution in [0.1, 0.15) is 23.8 Å². The fourth-order valence-corrected chi connectivity index (χ4v) is 2.91. The van der Waals surface area contributed by atoms with Crippen LogP contribution >= 0.6 is 0 Å². The first-order chi connectivity index (χ1) is 13.7. The lowest BCUT2D eigenvalue weighted by Gasteiger charge is -2.08. The number of nitrogens with one attached hydrogen (secondary N) is 1. The minimum Gasteiger partial charge on any atom is -0.496 e. The smallest absolute Gasteiger partial charge is 0.269 e. The van der Waals surface area contributed by atoms with Crippen molar-refractivity contribution in [1.82, 2.24) is 15.1 Å². The average Bonchev–Trinajstić information content (AvgIpc) is 3.16. The van der Waals surface area contributed by atoms with Gasteiger partial charge in [0.15, 0.2) is 0 Å². The van der Waals surface area contributed by atoms with E-state index >= 15 is 0 Å². The van der Waals surface area contributed by atoms with Gasteiger partial charge in [0, 0.05) is 12.1 Å². The van der Waals surface area contributed by atoms with E-state index in [-0.39, 0.29) is 5.91 Å². The molecule has 1 amide bonds. The highest BCUT2D eigenvalue weighted by molar-refractivity contribution is 5.93. The molecule has 2 aromatic carbocycles. The number of aryl methyl sites for hydroxylation is 1. The summed E-state index contributed by atoms with van der Waals surface area (Å²) in [6.45, 7) is 3.53. The molecule has 6 nitrogen and oxygen atoms in total. The number of aromatic nitrogens is 2. The Bertz CT molecular complexity index is 906. The van der Waals surface area contributed by atoms with Gasteiger partial charge in [0.1, 0.15) is 23.8 Å². The average molecular weight is 379 g/mol. The first-order valence-electron chi connectivity index (χ1n) is 9.40. The van der Waals surface area contributed by atoms with Crippen LogP contribution in [0, 0.1) is 0 Å². The summed E-state index contributed by atoms with van der Waals surface area (Å²) in [5.74, 6) is 1.34. The number of rotatable bonds is 9. The maximum atomic E-state index is 12.7. The Hall–Kier alpha value is -3.28. The van der Waals surface area contributed by atoms with Crippen molar-refractivity contribution >= 4 is 5.91 Å². The lowest BCUT2D eigenvalue weighted by molar-refractivity contribution is 0.0936. The number of amides is 1. The van der Waals surface area contributed by atoms with E-state index in [1.807, 2.05) is 54.6 Å².